The van der Waals surface area contributed by atoms with E-state index in [0.29, 0.717) is 5.02 Å². The zero-order chi connectivity index (χ0) is 12.6. The average Bonchev–Trinajstić information content (AvgIpc) is 2.53. The Bertz CT molecular complexity index is 526. The average molecular weight is 254 g/mol. The number of carbonyl (C=O) groups is 3. The molecule has 1 aliphatic heterocycles. The minimum Gasteiger partial charge on any atom is -0.449 e. The van der Waals surface area contributed by atoms with Crippen LogP contribution in [0.25, 0.3) is 0 Å². The van der Waals surface area contributed by atoms with Gasteiger partial charge in [0, 0.05) is 5.02 Å². The number of nitrogens with zero attached hydrogens (tertiary/aromatic N) is 1. The van der Waals surface area contributed by atoms with Gasteiger partial charge in [-0.05, 0) is 25.1 Å². The summed E-state index contributed by atoms with van der Waals surface area (Å²) in [5.74, 6) is -1.67. The number of ether oxygens (including phenoxy) is 1. The van der Waals surface area contributed by atoms with Crippen LogP contribution in [0, 0.1) is 0 Å². The number of Topliss-reactive ketones (excluding diaryl/α,β-unsaturated/α-hetero) is 1. The number of hydrogen-bond donors (Lipinski definition) is 0. The minimum absolute atomic E-state index is 0.121. The summed E-state index contributed by atoms with van der Waals surface area (Å²) < 4.78 is 4.71. The quantitative estimate of drug-likeness (QED) is 0.719. The zero-order valence-electron chi connectivity index (χ0n) is 8.90. The van der Waals surface area contributed by atoms with E-state index in [2.05, 4.69) is 0 Å². The van der Waals surface area contributed by atoms with Crippen LogP contribution < -0.4 is 4.90 Å². The van der Waals surface area contributed by atoms with E-state index in [0.717, 1.165) is 4.90 Å². The third kappa shape index (κ3) is 1.78. The topological polar surface area (TPSA) is 63.7 Å². The molecule has 17 heavy (non-hydrogen) atoms. The Kier molecular flexibility index (Phi) is 2.85. The van der Waals surface area contributed by atoms with Crippen LogP contribution in [0.5, 0.6) is 0 Å². The van der Waals surface area contributed by atoms with Gasteiger partial charge >= 0.3 is 12.0 Å². The second kappa shape index (κ2) is 4.18. The number of fused-ring (bicyclic) bond motifs is 1. The summed E-state index contributed by atoms with van der Waals surface area (Å²) in [4.78, 5) is 35.5. The van der Waals surface area contributed by atoms with Crippen LogP contribution in [0.4, 0.5) is 10.5 Å². The van der Waals surface area contributed by atoms with Gasteiger partial charge < -0.3 is 4.74 Å². The molecule has 2 amide bonds. The molecule has 6 heteroatoms. The molecular formula is C11H8ClNO4. The molecule has 1 aromatic rings. The summed E-state index contributed by atoms with van der Waals surface area (Å²) in [6.45, 7) is 1.74. The maximum absolute atomic E-state index is 11.6. The first-order valence-electron chi connectivity index (χ1n) is 4.91. The Morgan fingerprint density at radius 2 is 2.12 bits per heavy atom. The molecule has 5 nitrogen and oxygen atoms in total. The van der Waals surface area contributed by atoms with E-state index < -0.39 is 17.8 Å². The highest BCUT2D eigenvalue weighted by atomic mass is 35.5. The molecule has 0 saturated heterocycles. The molecular weight excluding hydrogens is 246 g/mol. The van der Waals surface area contributed by atoms with Crippen LogP contribution in [-0.2, 0) is 9.53 Å². The van der Waals surface area contributed by atoms with Gasteiger partial charge in [0.15, 0.2) is 0 Å². The van der Waals surface area contributed by atoms with E-state index in [9.17, 15) is 14.4 Å². The first kappa shape index (κ1) is 11.6. The number of amides is 2. The van der Waals surface area contributed by atoms with Crippen LogP contribution in [0.1, 0.15) is 17.3 Å². The third-order valence-electron chi connectivity index (χ3n) is 2.29. The van der Waals surface area contributed by atoms with Gasteiger partial charge in [-0.1, -0.05) is 11.6 Å². The molecule has 0 aliphatic carbocycles. The predicted molar refractivity (Wildman–Crippen MR) is 60.3 cm³/mol. The smallest absolute Gasteiger partial charge is 0.421 e. The van der Waals surface area contributed by atoms with E-state index >= 15 is 0 Å². The van der Waals surface area contributed by atoms with Crippen molar-refractivity contribution in [2.75, 3.05) is 11.5 Å². The molecule has 0 unspecified atom stereocenters. The largest absolute Gasteiger partial charge is 0.449 e. The molecule has 0 fully saturated rings. The van der Waals surface area contributed by atoms with Gasteiger partial charge in [-0.25, -0.2) is 9.69 Å². The Labute approximate surface area is 102 Å². The predicted octanol–water partition coefficient (Wildman–Crippen LogP) is 2.03. The molecule has 0 saturated carbocycles. The lowest BCUT2D eigenvalue weighted by Gasteiger charge is -2.13. The number of carbonyl (C=O) groups excluding carboxylic acids is 3. The van der Waals surface area contributed by atoms with Gasteiger partial charge in [-0.2, -0.15) is 0 Å². The Morgan fingerprint density at radius 3 is 2.76 bits per heavy atom. The van der Waals surface area contributed by atoms with Crippen molar-refractivity contribution in [3.05, 3.63) is 28.8 Å². The van der Waals surface area contributed by atoms with Crippen molar-refractivity contribution < 1.29 is 19.1 Å². The summed E-state index contributed by atoms with van der Waals surface area (Å²) in [6.07, 6.45) is -0.855. The highest BCUT2D eigenvalue weighted by Crippen LogP contribution is 2.31. The molecule has 0 aromatic heterocycles. The summed E-state index contributed by atoms with van der Waals surface area (Å²) >= 11 is 5.73. The normalized spacial score (nSPS) is 13.9. The van der Waals surface area contributed by atoms with Gasteiger partial charge in [0.25, 0.3) is 5.78 Å². The lowest BCUT2D eigenvalue weighted by molar-refractivity contribution is -0.113. The highest BCUT2D eigenvalue weighted by Gasteiger charge is 2.40. The summed E-state index contributed by atoms with van der Waals surface area (Å²) in [5.41, 5.74) is 0.332. The van der Waals surface area contributed by atoms with E-state index in [1.54, 1.807) is 6.92 Å². The summed E-state index contributed by atoms with van der Waals surface area (Å²) in [6, 6.07) is 4.30. The highest BCUT2D eigenvalue weighted by molar-refractivity contribution is 6.56. The molecule has 0 spiro atoms. The molecule has 0 atom stereocenters. The van der Waals surface area contributed by atoms with Gasteiger partial charge in [0.05, 0.1) is 17.9 Å². The fourth-order valence-electron chi connectivity index (χ4n) is 1.58. The van der Waals surface area contributed by atoms with Crippen molar-refractivity contribution in [3.8, 4) is 0 Å². The molecule has 0 bridgehead atoms. The molecule has 88 valence electrons. The van der Waals surface area contributed by atoms with Crippen LogP contribution in [0.2, 0.25) is 5.02 Å². The maximum Gasteiger partial charge on any atom is 0.421 e. The second-order valence-corrected chi connectivity index (χ2v) is 3.77. The Morgan fingerprint density at radius 1 is 1.41 bits per heavy atom. The lowest BCUT2D eigenvalue weighted by Crippen LogP contribution is -2.36. The van der Waals surface area contributed by atoms with Crippen molar-refractivity contribution in [1.29, 1.82) is 0 Å². The van der Waals surface area contributed by atoms with Crippen LogP contribution in [0.3, 0.4) is 0 Å². The molecule has 1 aromatic carbocycles. The van der Waals surface area contributed by atoms with Crippen LogP contribution >= 0.6 is 11.6 Å². The van der Waals surface area contributed by atoms with Crippen LogP contribution in [0.15, 0.2) is 18.2 Å². The molecule has 1 heterocycles. The number of benzene rings is 1. The van der Waals surface area contributed by atoms with E-state index in [1.807, 2.05) is 0 Å². The minimum atomic E-state index is -0.916. The first-order valence-corrected chi connectivity index (χ1v) is 5.29. The SMILES string of the molecule is CCOC(=O)N1C(=O)C(=O)c2cc(Cl)ccc21. The number of halogens is 1. The summed E-state index contributed by atoms with van der Waals surface area (Å²) in [7, 11) is 0. The van der Waals surface area contributed by atoms with Gasteiger partial charge in [-0.3, -0.25) is 9.59 Å². The second-order valence-electron chi connectivity index (χ2n) is 3.33. The molecule has 0 radical (unpaired) electrons. The number of rotatable bonds is 1. The van der Waals surface area contributed by atoms with Gasteiger partial charge in [0.1, 0.15) is 0 Å². The molecule has 0 N–H and O–H groups in total. The van der Waals surface area contributed by atoms with Crippen molar-refractivity contribution >= 4 is 35.1 Å². The number of hydrogen-bond acceptors (Lipinski definition) is 4. The zero-order valence-corrected chi connectivity index (χ0v) is 9.65. The van der Waals surface area contributed by atoms with Gasteiger partial charge in [0.2, 0.25) is 0 Å². The molecule has 2 rings (SSSR count). The van der Waals surface area contributed by atoms with E-state index in [-0.39, 0.29) is 17.9 Å². The molecule has 1 aliphatic rings. The Hall–Kier alpha value is -1.88. The Balaban J connectivity index is 2.48. The van der Waals surface area contributed by atoms with Crippen molar-refractivity contribution in [1.82, 2.24) is 0 Å². The number of anilines is 1. The lowest BCUT2D eigenvalue weighted by atomic mass is 10.1. The third-order valence-corrected chi connectivity index (χ3v) is 2.53. The number of imide groups is 1. The van der Waals surface area contributed by atoms with Crippen molar-refractivity contribution in [2.45, 2.75) is 6.92 Å². The van der Waals surface area contributed by atoms with Crippen molar-refractivity contribution in [2.24, 2.45) is 0 Å². The fourth-order valence-corrected chi connectivity index (χ4v) is 1.75. The van der Waals surface area contributed by atoms with E-state index in [4.69, 9.17) is 16.3 Å². The first-order chi connectivity index (χ1) is 8.06. The number of ketones is 1. The fraction of sp³-hybridized carbons (Fsp3) is 0.182. The standard InChI is InChI=1S/C11H8ClNO4/c1-2-17-11(16)13-8-4-3-6(12)5-7(8)9(14)10(13)15/h3-5H,2H2,1H3. The van der Waals surface area contributed by atoms with Crippen molar-refractivity contribution in [3.63, 3.8) is 0 Å². The van der Waals surface area contributed by atoms with Gasteiger partial charge in [-0.15, -0.1) is 0 Å². The maximum atomic E-state index is 11.6. The monoisotopic (exact) mass is 253 g/mol. The summed E-state index contributed by atoms with van der Waals surface area (Å²) in [5, 5.41) is 0.329. The van der Waals surface area contributed by atoms with E-state index in [1.165, 1.54) is 18.2 Å². The van der Waals surface area contributed by atoms with Crippen LogP contribution in [-0.4, -0.2) is 24.4 Å².